The van der Waals surface area contributed by atoms with E-state index in [1.54, 1.807) is 23.1 Å². The lowest BCUT2D eigenvalue weighted by Crippen LogP contribution is -2.37. The van der Waals surface area contributed by atoms with Crippen molar-refractivity contribution in [2.24, 2.45) is 5.73 Å². The number of carbonyl (C=O) groups is 1. The Hall–Kier alpha value is -2.77. The number of carbonyl (C=O) groups excluding carboxylic acids is 1. The average molecular weight is 418 g/mol. The van der Waals surface area contributed by atoms with Crippen molar-refractivity contribution >= 4 is 18.3 Å². The summed E-state index contributed by atoms with van der Waals surface area (Å²) in [5.74, 6) is -0.124. The third-order valence-electron chi connectivity index (χ3n) is 4.46. The van der Waals surface area contributed by atoms with Gasteiger partial charge in [0.15, 0.2) is 0 Å². The van der Waals surface area contributed by atoms with E-state index >= 15 is 0 Å². The molecule has 0 unspecified atom stereocenters. The summed E-state index contributed by atoms with van der Waals surface area (Å²) in [5.41, 5.74) is 7.11. The molecule has 0 radical (unpaired) electrons. The minimum Gasteiger partial charge on any atom is -0.334 e. The zero-order valence-corrected chi connectivity index (χ0v) is 17.1. The first-order chi connectivity index (χ1) is 13.6. The minimum absolute atomic E-state index is 0. The number of aryl methyl sites for hydroxylation is 1. The summed E-state index contributed by atoms with van der Waals surface area (Å²) in [6.07, 6.45) is 1.23. The number of para-hydroxylation sites is 1. The van der Waals surface area contributed by atoms with Crippen LogP contribution >= 0.6 is 12.4 Å². The second-order valence-corrected chi connectivity index (χ2v) is 6.38. The van der Waals surface area contributed by atoms with E-state index in [1.807, 2.05) is 37.3 Å². The van der Waals surface area contributed by atoms with Crippen LogP contribution in [0.5, 0.6) is 0 Å². The summed E-state index contributed by atoms with van der Waals surface area (Å²) in [7, 11) is 0. The molecule has 0 aliphatic heterocycles. The zero-order valence-electron chi connectivity index (χ0n) is 16.3. The number of hydrogen-bond acceptors (Lipinski definition) is 4. The minimum atomic E-state index is -0.413. The number of aromatic nitrogens is 3. The van der Waals surface area contributed by atoms with Gasteiger partial charge in [-0.3, -0.25) is 4.79 Å². The molecule has 1 heterocycles. The SMILES string of the molecule is CCc1nc(C(=O)N(CCN)CCc2ccccc2)nn1-c1ccccc1F.Cl. The Morgan fingerprint density at radius 2 is 1.79 bits per heavy atom. The molecule has 0 atom stereocenters. The van der Waals surface area contributed by atoms with Crippen LogP contribution in [0.2, 0.25) is 0 Å². The van der Waals surface area contributed by atoms with Crippen molar-refractivity contribution in [3.63, 3.8) is 0 Å². The lowest BCUT2D eigenvalue weighted by molar-refractivity contribution is 0.0750. The normalized spacial score (nSPS) is 10.4. The highest BCUT2D eigenvalue weighted by atomic mass is 35.5. The van der Waals surface area contributed by atoms with Crippen LogP contribution in [-0.2, 0) is 12.8 Å². The number of benzene rings is 2. The molecule has 0 spiro atoms. The van der Waals surface area contributed by atoms with Gasteiger partial charge in [-0.05, 0) is 24.1 Å². The van der Waals surface area contributed by atoms with Gasteiger partial charge in [0.25, 0.3) is 5.91 Å². The molecule has 6 nitrogen and oxygen atoms in total. The molecule has 2 N–H and O–H groups in total. The highest BCUT2D eigenvalue weighted by Crippen LogP contribution is 2.15. The van der Waals surface area contributed by atoms with Gasteiger partial charge in [-0.2, -0.15) is 0 Å². The summed E-state index contributed by atoms with van der Waals surface area (Å²) in [4.78, 5) is 19.0. The molecule has 29 heavy (non-hydrogen) atoms. The molecule has 154 valence electrons. The first kappa shape index (κ1) is 22.5. The Balaban J connectivity index is 0.00000300. The number of hydrogen-bond donors (Lipinski definition) is 1. The van der Waals surface area contributed by atoms with Gasteiger partial charge in [0.1, 0.15) is 17.3 Å². The Morgan fingerprint density at radius 3 is 2.45 bits per heavy atom. The van der Waals surface area contributed by atoms with Crippen LogP contribution in [0.25, 0.3) is 5.69 Å². The van der Waals surface area contributed by atoms with Gasteiger partial charge in [-0.1, -0.05) is 49.4 Å². The molecular formula is C21H25ClFN5O. The number of halogens is 2. The molecule has 0 saturated carbocycles. The third-order valence-corrected chi connectivity index (χ3v) is 4.46. The summed E-state index contributed by atoms with van der Waals surface area (Å²) in [6, 6.07) is 16.2. The fourth-order valence-electron chi connectivity index (χ4n) is 3.00. The lowest BCUT2D eigenvalue weighted by atomic mass is 10.1. The van der Waals surface area contributed by atoms with Crippen LogP contribution in [0.3, 0.4) is 0 Å². The lowest BCUT2D eigenvalue weighted by Gasteiger charge is -2.20. The van der Waals surface area contributed by atoms with Gasteiger partial charge < -0.3 is 10.6 Å². The first-order valence-electron chi connectivity index (χ1n) is 9.38. The predicted octanol–water partition coefficient (Wildman–Crippen LogP) is 3.03. The fraction of sp³-hybridized carbons (Fsp3) is 0.286. The number of rotatable bonds is 8. The average Bonchev–Trinajstić information content (AvgIpc) is 3.16. The molecule has 0 saturated heterocycles. The van der Waals surface area contributed by atoms with Crippen molar-refractivity contribution in [2.75, 3.05) is 19.6 Å². The second-order valence-electron chi connectivity index (χ2n) is 6.38. The van der Waals surface area contributed by atoms with Crippen molar-refractivity contribution in [1.29, 1.82) is 0 Å². The van der Waals surface area contributed by atoms with E-state index in [-0.39, 0.29) is 29.8 Å². The zero-order chi connectivity index (χ0) is 19.9. The number of amides is 1. The quantitative estimate of drug-likeness (QED) is 0.611. The molecule has 3 aromatic rings. The van der Waals surface area contributed by atoms with E-state index in [0.29, 0.717) is 38.3 Å². The standard InChI is InChI=1S/C21H24FN5O.ClH/c1-2-19-24-20(25-27(19)18-11-7-6-10-17(18)22)21(28)26(15-13-23)14-12-16-8-4-3-5-9-16;/h3-11H,2,12-15,23H2,1H3;1H. The van der Waals surface area contributed by atoms with Gasteiger partial charge in [0.2, 0.25) is 5.82 Å². The van der Waals surface area contributed by atoms with Crippen molar-refractivity contribution in [1.82, 2.24) is 19.7 Å². The van der Waals surface area contributed by atoms with Crippen molar-refractivity contribution in [3.05, 3.63) is 77.6 Å². The fourth-order valence-corrected chi connectivity index (χ4v) is 3.00. The maximum Gasteiger partial charge on any atom is 0.293 e. The molecular weight excluding hydrogens is 393 g/mol. The van der Waals surface area contributed by atoms with Gasteiger partial charge in [0, 0.05) is 26.1 Å². The van der Waals surface area contributed by atoms with Crippen LogP contribution in [0.15, 0.2) is 54.6 Å². The molecule has 1 amide bonds. The largest absolute Gasteiger partial charge is 0.334 e. The van der Waals surface area contributed by atoms with E-state index in [9.17, 15) is 9.18 Å². The Labute approximate surface area is 176 Å². The van der Waals surface area contributed by atoms with Crippen molar-refractivity contribution < 1.29 is 9.18 Å². The highest BCUT2D eigenvalue weighted by molar-refractivity contribution is 5.90. The number of nitrogens with zero attached hydrogens (tertiary/aromatic N) is 4. The van der Waals surface area contributed by atoms with E-state index in [0.717, 1.165) is 5.56 Å². The van der Waals surface area contributed by atoms with Crippen LogP contribution in [0.4, 0.5) is 4.39 Å². The molecule has 3 rings (SSSR count). The maximum absolute atomic E-state index is 14.2. The topological polar surface area (TPSA) is 77.0 Å². The van der Waals surface area contributed by atoms with Crippen molar-refractivity contribution in [2.45, 2.75) is 19.8 Å². The van der Waals surface area contributed by atoms with E-state index in [4.69, 9.17) is 5.73 Å². The summed E-state index contributed by atoms with van der Waals surface area (Å²) in [5, 5.41) is 4.30. The second kappa shape index (κ2) is 10.7. The van der Waals surface area contributed by atoms with Crippen LogP contribution in [0.1, 0.15) is 28.9 Å². The Kier molecular flexibility index (Phi) is 8.30. The number of nitrogens with two attached hydrogens (primary N) is 1. The van der Waals surface area contributed by atoms with E-state index < -0.39 is 5.82 Å². The van der Waals surface area contributed by atoms with Crippen molar-refractivity contribution in [3.8, 4) is 5.69 Å². The Morgan fingerprint density at radius 1 is 1.10 bits per heavy atom. The molecule has 0 bridgehead atoms. The van der Waals surface area contributed by atoms with Crippen LogP contribution in [-0.4, -0.2) is 45.2 Å². The van der Waals surface area contributed by atoms with Gasteiger partial charge in [-0.15, -0.1) is 17.5 Å². The Bertz CT molecular complexity index is 932. The maximum atomic E-state index is 14.2. The first-order valence-corrected chi connectivity index (χ1v) is 9.38. The van der Waals surface area contributed by atoms with E-state index in [1.165, 1.54) is 10.7 Å². The van der Waals surface area contributed by atoms with E-state index in [2.05, 4.69) is 10.1 Å². The monoisotopic (exact) mass is 417 g/mol. The molecule has 2 aromatic carbocycles. The summed E-state index contributed by atoms with van der Waals surface area (Å²) >= 11 is 0. The molecule has 0 aliphatic rings. The smallest absolute Gasteiger partial charge is 0.293 e. The molecule has 0 fully saturated rings. The van der Waals surface area contributed by atoms with Gasteiger partial charge >= 0.3 is 0 Å². The molecule has 8 heteroatoms. The summed E-state index contributed by atoms with van der Waals surface area (Å²) < 4.78 is 15.6. The van der Waals surface area contributed by atoms with Crippen LogP contribution in [0, 0.1) is 5.82 Å². The molecule has 1 aromatic heterocycles. The highest BCUT2D eigenvalue weighted by Gasteiger charge is 2.22. The van der Waals surface area contributed by atoms with Crippen LogP contribution < -0.4 is 5.73 Å². The van der Waals surface area contributed by atoms with Gasteiger partial charge in [-0.25, -0.2) is 14.1 Å². The van der Waals surface area contributed by atoms with Gasteiger partial charge in [0.05, 0.1) is 0 Å². The molecule has 0 aliphatic carbocycles. The predicted molar refractivity (Wildman–Crippen MR) is 113 cm³/mol. The third kappa shape index (κ3) is 5.40. The summed E-state index contributed by atoms with van der Waals surface area (Å²) in [6.45, 7) is 3.15.